The molecule has 0 aliphatic rings. The molecule has 204 valence electrons. The minimum atomic E-state index is -0.330. The Balaban J connectivity index is 1.56. The van der Waals surface area contributed by atoms with Crippen molar-refractivity contribution >= 4 is 22.7 Å². The van der Waals surface area contributed by atoms with E-state index >= 15 is 0 Å². The van der Waals surface area contributed by atoms with Crippen LogP contribution in [0.1, 0.15) is 34.8 Å². The van der Waals surface area contributed by atoms with E-state index in [1.807, 2.05) is 31.3 Å². The number of aromatic nitrogens is 1. The predicted molar refractivity (Wildman–Crippen MR) is 150 cm³/mol. The van der Waals surface area contributed by atoms with Gasteiger partial charge in [0.1, 0.15) is 23.9 Å². The molecule has 3 aromatic carbocycles. The standard InChI is InChI=1S/C31H34FN3O4/c1-4-16-35(31(37)27-14-13-25(38-2)18-29(27)39-3)21-30(36)34(20-22-9-11-24(32)12-10-22)17-15-23-19-33-28-8-6-5-7-26(23)28/h5-14,18-19,33H,4,15-17,20-21H2,1-3H3. The number of para-hydroxylation sites is 1. The van der Waals surface area contributed by atoms with Crippen LogP contribution in [0.5, 0.6) is 11.5 Å². The molecular weight excluding hydrogens is 497 g/mol. The molecule has 0 spiro atoms. The molecular formula is C31H34FN3O4. The molecule has 0 aliphatic carbocycles. The number of ether oxygens (including phenoxy) is 2. The second-order valence-electron chi connectivity index (χ2n) is 9.34. The summed E-state index contributed by atoms with van der Waals surface area (Å²) in [5.41, 5.74) is 3.32. The first-order chi connectivity index (χ1) is 18.9. The van der Waals surface area contributed by atoms with E-state index in [9.17, 15) is 14.0 Å². The summed E-state index contributed by atoms with van der Waals surface area (Å²) in [4.78, 5) is 33.8. The molecule has 8 heteroatoms. The molecule has 1 heterocycles. The van der Waals surface area contributed by atoms with Crippen molar-refractivity contribution in [2.45, 2.75) is 26.3 Å². The number of hydrogen-bond acceptors (Lipinski definition) is 4. The first-order valence-corrected chi connectivity index (χ1v) is 13.0. The van der Waals surface area contributed by atoms with Crippen molar-refractivity contribution in [1.82, 2.24) is 14.8 Å². The number of aromatic amines is 1. The summed E-state index contributed by atoms with van der Waals surface area (Å²) in [5, 5.41) is 1.11. The van der Waals surface area contributed by atoms with Crippen LogP contribution in [-0.2, 0) is 17.8 Å². The maximum Gasteiger partial charge on any atom is 0.258 e. The normalized spacial score (nSPS) is 10.9. The van der Waals surface area contributed by atoms with Gasteiger partial charge >= 0.3 is 0 Å². The molecule has 39 heavy (non-hydrogen) atoms. The molecule has 4 aromatic rings. The Morgan fingerprint density at radius 2 is 1.69 bits per heavy atom. The lowest BCUT2D eigenvalue weighted by Crippen LogP contribution is -2.43. The molecule has 4 rings (SSSR count). The number of halogens is 1. The third-order valence-corrected chi connectivity index (χ3v) is 6.71. The highest BCUT2D eigenvalue weighted by molar-refractivity contribution is 5.99. The number of carbonyl (C=O) groups is 2. The van der Waals surface area contributed by atoms with E-state index in [0.29, 0.717) is 49.5 Å². The zero-order chi connectivity index (χ0) is 27.8. The van der Waals surface area contributed by atoms with Gasteiger partial charge in [-0.1, -0.05) is 37.3 Å². The third kappa shape index (κ3) is 6.76. The summed E-state index contributed by atoms with van der Waals surface area (Å²) in [5.74, 6) is 0.153. The van der Waals surface area contributed by atoms with Crippen LogP contribution in [0.15, 0.2) is 72.9 Å². The average molecular weight is 532 g/mol. The van der Waals surface area contributed by atoms with E-state index in [0.717, 1.165) is 22.0 Å². The summed E-state index contributed by atoms with van der Waals surface area (Å²) in [6.45, 7) is 3.03. The topological polar surface area (TPSA) is 74.9 Å². The van der Waals surface area contributed by atoms with Crippen LogP contribution in [-0.4, -0.2) is 60.5 Å². The van der Waals surface area contributed by atoms with Gasteiger partial charge in [-0.2, -0.15) is 0 Å². The number of carbonyl (C=O) groups excluding carboxylic acids is 2. The van der Waals surface area contributed by atoms with Crippen LogP contribution < -0.4 is 9.47 Å². The van der Waals surface area contributed by atoms with Crippen molar-refractivity contribution in [2.24, 2.45) is 0 Å². The van der Waals surface area contributed by atoms with E-state index in [-0.39, 0.29) is 24.2 Å². The number of fused-ring (bicyclic) bond motifs is 1. The first-order valence-electron chi connectivity index (χ1n) is 13.0. The number of amides is 2. The fraction of sp³-hybridized carbons (Fsp3) is 0.290. The highest BCUT2D eigenvalue weighted by Crippen LogP contribution is 2.26. The van der Waals surface area contributed by atoms with Crippen molar-refractivity contribution in [1.29, 1.82) is 0 Å². The molecule has 7 nitrogen and oxygen atoms in total. The number of methoxy groups -OCH3 is 2. The summed E-state index contributed by atoms with van der Waals surface area (Å²) in [6, 6.07) is 19.2. The summed E-state index contributed by atoms with van der Waals surface area (Å²) < 4.78 is 24.2. The molecule has 0 saturated heterocycles. The molecule has 1 N–H and O–H groups in total. The second kappa shape index (κ2) is 13.0. The second-order valence-corrected chi connectivity index (χ2v) is 9.34. The Hall–Kier alpha value is -4.33. The van der Waals surface area contributed by atoms with E-state index in [4.69, 9.17) is 9.47 Å². The fourth-order valence-corrected chi connectivity index (χ4v) is 4.63. The van der Waals surface area contributed by atoms with E-state index < -0.39 is 0 Å². The number of H-pyrrole nitrogens is 1. The van der Waals surface area contributed by atoms with Crippen molar-refractivity contribution in [2.75, 3.05) is 33.9 Å². The molecule has 0 bridgehead atoms. The van der Waals surface area contributed by atoms with Gasteiger partial charge in [0.25, 0.3) is 5.91 Å². The SMILES string of the molecule is CCCN(CC(=O)N(CCc1c[nH]c2ccccc12)Cc1ccc(F)cc1)C(=O)c1ccc(OC)cc1OC. The van der Waals surface area contributed by atoms with Crippen molar-refractivity contribution in [3.63, 3.8) is 0 Å². The van der Waals surface area contributed by atoms with Gasteiger partial charge in [0.2, 0.25) is 5.91 Å². The molecule has 0 unspecified atom stereocenters. The predicted octanol–water partition coefficient (Wildman–Crippen LogP) is 5.45. The van der Waals surface area contributed by atoms with Crippen LogP contribution >= 0.6 is 0 Å². The number of benzene rings is 3. The van der Waals surface area contributed by atoms with E-state index in [1.54, 1.807) is 47.2 Å². The molecule has 0 radical (unpaired) electrons. The third-order valence-electron chi connectivity index (χ3n) is 6.71. The minimum Gasteiger partial charge on any atom is -0.497 e. The maximum absolute atomic E-state index is 13.7. The quantitative estimate of drug-likeness (QED) is 0.264. The largest absolute Gasteiger partial charge is 0.497 e. The van der Waals surface area contributed by atoms with Gasteiger partial charge in [-0.05, 0) is 54.3 Å². The number of nitrogens with one attached hydrogen (secondary N) is 1. The minimum absolute atomic E-state index is 0.0864. The van der Waals surface area contributed by atoms with E-state index in [2.05, 4.69) is 11.1 Å². The Kier molecular flexibility index (Phi) is 9.20. The molecule has 0 saturated carbocycles. The monoisotopic (exact) mass is 531 g/mol. The van der Waals surface area contributed by atoms with Crippen molar-refractivity contribution < 1.29 is 23.5 Å². The Morgan fingerprint density at radius 1 is 0.923 bits per heavy atom. The van der Waals surface area contributed by atoms with Gasteiger partial charge in [0.05, 0.1) is 19.8 Å². The molecule has 1 aromatic heterocycles. The van der Waals surface area contributed by atoms with Crippen LogP contribution in [0, 0.1) is 5.82 Å². The highest BCUT2D eigenvalue weighted by atomic mass is 19.1. The van der Waals surface area contributed by atoms with Crippen LogP contribution in [0.25, 0.3) is 10.9 Å². The van der Waals surface area contributed by atoms with Gasteiger partial charge < -0.3 is 24.3 Å². The Morgan fingerprint density at radius 3 is 2.41 bits per heavy atom. The van der Waals surface area contributed by atoms with Gasteiger partial charge in [0, 0.05) is 42.8 Å². The van der Waals surface area contributed by atoms with Crippen LogP contribution in [0.2, 0.25) is 0 Å². The molecule has 0 atom stereocenters. The molecule has 0 aliphatic heterocycles. The summed E-state index contributed by atoms with van der Waals surface area (Å²) in [6.07, 6.45) is 3.28. The average Bonchev–Trinajstić information content (AvgIpc) is 3.38. The zero-order valence-electron chi connectivity index (χ0n) is 22.6. The van der Waals surface area contributed by atoms with Gasteiger partial charge in [-0.25, -0.2) is 4.39 Å². The van der Waals surface area contributed by atoms with Crippen LogP contribution in [0.4, 0.5) is 4.39 Å². The van der Waals surface area contributed by atoms with Crippen LogP contribution in [0.3, 0.4) is 0 Å². The summed E-state index contributed by atoms with van der Waals surface area (Å²) >= 11 is 0. The zero-order valence-corrected chi connectivity index (χ0v) is 22.6. The number of nitrogens with zero attached hydrogens (tertiary/aromatic N) is 2. The number of hydrogen-bond donors (Lipinski definition) is 1. The lowest BCUT2D eigenvalue weighted by atomic mass is 10.1. The fourth-order valence-electron chi connectivity index (χ4n) is 4.63. The smallest absolute Gasteiger partial charge is 0.258 e. The van der Waals surface area contributed by atoms with Crippen molar-refractivity contribution in [3.8, 4) is 11.5 Å². The number of rotatable bonds is 12. The first kappa shape index (κ1) is 27.7. The van der Waals surface area contributed by atoms with Gasteiger partial charge in [-0.15, -0.1) is 0 Å². The van der Waals surface area contributed by atoms with E-state index in [1.165, 1.54) is 19.2 Å². The summed E-state index contributed by atoms with van der Waals surface area (Å²) in [7, 11) is 3.04. The lowest BCUT2D eigenvalue weighted by Gasteiger charge is -2.28. The Bertz CT molecular complexity index is 1420. The highest BCUT2D eigenvalue weighted by Gasteiger charge is 2.25. The Labute approximate surface area is 228 Å². The van der Waals surface area contributed by atoms with Gasteiger partial charge in [0.15, 0.2) is 0 Å². The van der Waals surface area contributed by atoms with Gasteiger partial charge in [-0.3, -0.25) is 9.59 Å². The maximum atomic E-state index is 13.7. The van der Waals surface area contributed by atoms with Crippen molar-refractivity contribution in [3.05, 3.63) is 95.4 Å². The lowest BCUT2D eigenvalue weighted by molar-refractivity contribution is -0.132. The molecule has 2 amide bonds. The molecule has 0 fully saturated rings.